The number of amides is 2. The normalized spacial score (nSPS) is 16.6. The molecule has 124 valence electrons. The minimum absolute atomic E-state index is 0.172. The smallest absolute Gasteiger partial charge is 0.274 e. The van der Waals surface area contributed by atoms with Crippen LogP contribution < -0.4 is 5.32 Å². The van der Waals surface area contributed by atoms with Crippen LogP contribution in [0.1, 0.15) is 32.1 Å². The zero-order valence-electron chi connectivity index (χ0n) is 12.9. The summed E-state index contributed by atoms with van der Waals surface area (Å²) in [6.45, 7) is 1.84. The zero-order chi connectivity index (χ0) is 16.8. The van der Waals surface area contributed by atoms with E-state index in [0.29, 0.717) is 32.6 Å². The van der Waals surface area contributed by atoms with Gasteiger partial charge in [-0.25, -0.2) is 4.39 Å². The molecule has 6 nitrogen and oxygen atoms in total. The van der Waals surface area contributed by atoms with E-state index in [-0.39, 0.29) is 34.6 Å². The third kappa shape index (κ3) is 2.16. The van der Waals surface area contributed by atoms with Gasteiger partial charge in [-0.2, -0.15) is 0 Å². The van der Waals surface area contributed by atoms with Gasteiger partial charge in [-0.15, -0.1) is 0 Å². The molecule has 7 heteroatoms. The molecule has 0 radical (unpaired) electrons. The summed E-state index contributed by atoms with van der Waals surface area (Å²) in [6, 6.07) is 5.98. The number of halogens is 1. The van der Waals surface area contributed by atoms with Gasteiger partial charge in [0.2, 0.25) is 0 Å². The lowest BCUT2D eigenvalue weighted by Gasteiger charge is -2.29. The molecular weight excluding hydrogens is 313 g/mol. The molecular formula is C17H16FN3O3. The summed E-state index contributed by atoms with van der Waals surface area (Å²) in [5.41, 5.74) is 1.92. The van der Waals surface area contributed by atoms with Crippen LogP contribution in [0.2, 0.25) is 0 Å². The molecule has 2 amide bonds. The highest BCUT2D eigenvalue weighted by Crippen LogP contribution is 2.34. The van der Waals surface area contributed by atoms with Gasteiger partial charge in [0.1, 0.15) is 11.4 Å². The zero-order valence-corrected chi connectivity index (χ0v) is 12.9. The minimum Gasteiger partial charge on any atom is -0.505 e. The minimum atomic E-state index is -0.339. The SMILES string of the molecule is O=C1NCCc2c1c(O)c1n2CCN(Cc2ccc(F)cc2)C1=O. The van der Waals surface area contributed by atoms with E-state index in [0.717, 1.165) is 11.3 Å². The second-order valence-corrected chi connectivity index (χ2v) is 6.03. The Morgan fingerprint density at radius 3 is 2.67 bits per heavy atom. The lowest BCUT2D eigenvalue weighted by molar-refractivity contribution is 0.0685. The maximum absolute atomic E-state index is 13.0. The average Bonchev–Trinajstić information content (AvgIpc) is 2.87. The lowest BCUT2D eigenvalue weighted by atomic mass is 10.1. The molecule has 4 rings (SSSR count). The van der Waals surface area contributed by atoms with E-state index in [1.807, 2.05) is 0 Å². The van der Waals surface area contributed by atoms with Crippen molar-refractivity contribution >= 4 is 11.8 Å². The summed E-state index contributed by atoms with van der Waals surface area (Å²) >= 11 is 0. The van der Waals surface area contributed by atoms with Crippen LogP contribution in [0.4, 0.5) is 4.39 Å². The number of nitrogens with zero attached hydrogens (tertiary/aromatic N) is 2. The Kier molecular flexibility index (Phi) is 3.30. The fourth-order valence-electron chi connectivity index (χ4n) is 3.43. The molecule has 0 unspecified atom stereocenters. The molecule has 2 N–H and O–H groups in total. The quantitative estimate of drug-likeness (QED) is 0.871. The van der Waals surface area contributed by atoms with Crippen molar-refractivity contribution in [3.63, 3.8) is 0 Å². The topological polar surface area (TPSA) is 74.6 Å². The van der Waals surface area contributed by atoms with Gasteiger partial charge in [0.05, 0.1) is 0 Å². The fraction of sp³-hybridized carbons (Fsp3) is 0.294. The van der Waals surface area contributed by atoms with E-state index in [4.69, 9.17) is 0 Å². The fourth-order valence-corrected chi connectivity index (χ4v) is 3.43. The van der Waals surface area contributed by atoms with Crippen molar-refractivity contribution in [1.29, 1.82) is 0 Å². The Balaban J connectivity index is 1.68. The van der Waals surface area contributed by atoms with Crippen LogP contribution in [0.15, 0.2) is 24.3 Å². The molecule has 0 saturated carbocycles. The summed E-state index contributed by atoms with van der Waals surface area (Å²) in [7, 11) is 0. The predicted molar refractivity (Wildman–Crippen MR) is 83.3 cm³/mol. The van der Waals surface area contributed by atoms with Gasteiger partial charge in [0.15, 0.2) is 11.4 Å². The third-order valence-corrected chi connectivity index (χ3v) is 4.59. The molecule has 0 atom stereocenters. The first-order valence-electron chi connectivity index (χ1n) is 7.82. The lowest BCUT2D eigenvalue weighted by Crippen LogP contribution is -2.40. The third-order valence-electron chi connectivity index (χ3n) is 4.59. The van der Waals surface area contributed by atoms with Crippen LogP contribution in [0, 0.1) is 5.82 Å². The van der Waals surface area contributed by atoms with Gasteiger partial charge < -0.3 is 19.9 Å². The molecule has 24 heavy (non-hydrogen) atoms. The van der Waals surface area contributed by atoms with E-state index in [9.17, 15) is 19.1 Å². The molecule has 2 aromatic rings. The van der Waals surface area contributed by atoms with Gasteiger partial charge in [0, 0.05) is 38.3 Å². The first-order valence-corrected chi connectivity index (χ1v) is 7.82. The molecule has 1 aromatic carbocycles. The number of fused-ring (bicyclic) bond motifs is 3. The van der Waals surface area contributed by atoms with E-state index in [2.05, 4.69) is 5.32 Å². The molecule has 2 aliphatic rings. The first kappa shape index (κ1) is 14.7. The van der Waals surface area contributed by atoms with Crippen molar-refractivity contribution in [2.45, 2.75) is 19.5 Å². The summed E-state index contributed by atoms with van der Waals surface area (Å²) < 4.78 is 14.8. The highest BCUT2D eigenvalue weighted by molar-refractivity contribution is 6.05. The van der Waals surface area contributed by atoms with Crippen LogP contribution in [0.25, 0.3) is 0 Å². The number of aromatic hydroxyl groups is 1. The van der Waals surface area contributed by atoms with Gasteiger partial charge in [-0.1, -0.05) is 12.1 Å². The van der Waals surface area contributed by atoms with Crippen LogP contribution in [-0.4, -0.2) is 39.5 Å². The van der Waals surface area contributed by atoms with E-state index >= 15 is 0 Å². The standard InChI is InChI=1S/C17H16FN3O3/c18-11-3-1-10(2-4-11)9-20-7-8-21-12-5-6-19-16(23)13(12)15(22)14(21)17(20)24/h1-4,22H,5-9H2,(H,19,23). The largest absolute Gasteiger partial charge is 0.505 e. The van der Waals surface area contributed by atoms with Gasteiger partial charge in [-0.05, 0) is 17.7 Å². The van der Waals surface area contributed by atoms with Gasteiger partial charge in [0.25, 0.3) is 11.8 Å². The van der Waals surface area contributed by atoms with Crippen LogP contribution in [-0.2, 0) is 19.5 Å². The number of hydrogen-bond acceptors (Lipinski definition) is 3. The molecule has 0 saturated heterocycles. The van der Waals surface area contributed by atoms with Crippen LogP contribution in [0.3, 0.4) is 0 Å². The number of rotatable bonds is 2. The number of carbonyl (C=O) groups excluding carboxylic acids is 2. The van der Waals surface area contributed by atoms with Crippen molar-refractivity contribution in [1.82, 2.24) is 14.8 Å². The highest BCUT2D eigenvalue weighted by Gasteiger charge is 2.36. The Bertz CT molecular complexity index is 842. The Morgan fingerprint density at radius 2 is 1.92 bits per heavy atom. The number of hydrogen-bond donors (Lipinski definition) is 2. The predicted octanol–water partition coefficient (Wildman–Crippen LogP) is 1.27. The Morgan fingerprint density at radius 1 is 1.17 bits per heavy atom. The monoisotopic (exact) mass is 329 g/mol. The molecule has 1 aromatic heterocycles. The summed E-state index contributed by atoms with van der Waals surface area (Å²) in [5.74, 6) is -1.22. The highest BCUT2D eigenvalue weighted by atomic mass is 19.1. The van der Waals surface area contributed by atoms with Crippen LogP contribution in [0.5, 0.6) is 5.75 Å². The van der Waals surface area contributed by atoms with Gasteiger partial charge >= 0.3 is 0 Å². The van der Waals surface area contributed by atoms with Crippen molar-refractivity contribution in [3.05, 3.63) is 52.6 Å². The summed E-state index contributed by atoms with van der Waals surface area (Å²) in [6.07, 6.45) is 0.597. The Labute approximate surface area is 137 Å². The van der Waals surface area contributed by atoms with Gasteiger partial charge in [-0.3, -0.25) is 9.59 Å². The summed E-state index contributed by atoms with van der Waals surface area (Å²) in [4.78, 5) is 26.4. The number of nitrogens with one attached hydrogen (secondary N) is 1. The number of benzene rings is 1. The maximum Gasteiger partial charge on any atom is 0.274 e. The molecule has 0 bridgehead atoms. The van der Waals surface area contributed by atoms with Crippen molar-refractivity contribution in [2.24, 2.45) is 0 Å². The molecule has 2 aliphatic heterocycles. The second kappa shape index (κ2) is 5.36. The van der Waals surface area contributed by atoms with Crippen LogP contribution >= 0.6 is 0 Å². The molecule has 0 spiro atoms. The number of carbonyl (C=O) groups is 2. The van der Waals surface area contributed by atoms with Crippen molar-refractivity contribution in [3.8, 4) is 5.75 Å². The van der Waals surface area contributed by atoms with Crippen molar-refractivity contribution in [2.75, 3.05) is 13.1 Å². The first-order chi connectivity index (χ1) is 11.6. The maximum atomic E-state index is 13.0. The Hall–Kier alpha value is -2.83. The second-order valence-electron chi connectivity index (χ2n) is 6.03. The van der Waals surface area contributed by atoms with E-state index < -0.39 is 0 Å². The molecule has 0 aliphatic carbocycles. The summed E-state index contributed by atoms with van der Waals surface area (Å²) in [5, 5.41) is 13.1. The van der Waals surface area contributed by atoms with Crippen molar-refractivity contribution < 1.29 is 19.1 Å². The number of aromatic nitrogens is 1. The van der Waals surface area contributed by atoms with E-state index in [1.54, 1.807) is 21.6 Å². The molecule has 0 fully saturated rings. The van der Waals surface area contributed by atoms with E-state index in [1.165, 1.54) is 12.1 Å². The average molecular weight is 329 g/mol. The molecule has 3 heterocycles.